The van der Waals surface area contributed by atoms with Gasteiger partial charge in [-0.25, -0.2) is 14.8 Å². The van der Waals surface area contributed by atoms with Crippen LogP contribution >= 0.6 is 0 Å². The van der Waals surface area contributed by atoms with E-state index in [2.05, 4.69) is 9.97 Å². The summed E-state index contributed by atoms with van der Waals surface area (Å²) < 4.78 is 5.39. The second-order valence-corrected chi connectivity index (χ2v) is 3.86. The van der Waals surface area contributed by atoms with Crippen molar-refractivity contribution < 1.29 is 14.6 Å². The van der Waals surface area contributed by atoms with Crippen LogP contribution in [0.2, 0.25) is 0 Å². The molecule has 1 saturated heterocycles. The molecule has 1 aliphatic rings. The van der Waals surface area contributed by atoms with Gasteiger partial charge < -0.3 is 14.7 Å². The van der Waals surface area contributed by atoms with Crippen molar-refractivity contribution in [3.05, 3.63) is 18.1 Å². The van der Waals surface area contributed by atoms with Crippen LogP contribution in [0.15, 0.2) is 12.4 Å². The van der Waals surface area contributed by atoms with Gasteiger partial charge in [-0.05, 0) is 6.42 Å². The Labute approximate surface area is 99.2 Å². The first-order valence-electron chi connectivity index (χ1n) is 5.62. The molecule has 0 aromatic carbocycles. The molecule has 0 radical (unpaired) electrons. The van der Waals surface area contributed by atoms with Crippen LogP contribution in [-0.4, -0.2) is 46.8 Å². The summed E-state index contributed by atoms with van der Waals surface area (Å²) >= 11 is 0. The third-order valence-electron chi connectivity index (χ3n) is 2.85. The fraction of sp³-hybridized carbons (Fsp3) is 0.545. The Morgan fingerprint density at radius 1 is 1.59 bits per heavy atom. The number of rotatable bonds is 3. The number of anilines is 1. The van der Waals surface area contributed by atoms with Gasteiger partial charge in [-0.1, -0.05) is 6.92 Å². The molecule has 0 aliphatic carbocycles. The van der Waals surface area contributed by atoms with Crippen molar-refractivity contribution in [2.45, 2.75) is 19.4 Å². The highest BCUT2D eigenvalue weighted by Crippen LogP contribution is 2.21. The number of carboxylic acid groups (broad SMARTS) is 1. The predicted molar refractivity (Wildman–Crippen MR) is 61.2 cm³/mol. The molecule has 0 bridgehead atoms. The normalized spacial score (nSPS) is 20.3. The van der Waals surface area contributed by atoms with Gasteiger partial charge in [0.1, 0.15) is 0 Å². The second kappa shape index (κ2) is 5.09. The molecule has 1 aliphatic heterocycles. The molecule has 1 aromatic rings. The topological polar surface area (TPSA) is 75.5 Å². The standard InChI is InChI=1S/C11H15N3O3/c1-2-8-7-17-6-5-14(8)10-9(11(15)16)12-3-4-13-10/h3-4,8H,2,5-7H2,1H3,(H,15,16). The van der Waals surface area contributed by atoms with Crippen LogP contribution in [0.25, 0.3) is 0 Å². The summed E-state index contributed by atoms with van der Waals surface area (Å²) in [5.41, 5.74) is 0.00727. The highest BCUT2D eigenvalue weighted by molar-refractivity contribution is 5.91. The van der Waals surface area contributed by atoms with E-state index in [1.54, 1.807) is 0 Å². The van der Waals surface area contributed by atoms with Crippen molar-refractivity contribution in [3.8, 4) is 0 Å². The van der Waals surface area contributed by atoms with Crippen molar-refractivity contribution in [1.82, 2.24) is 9.97 Å². The zero-order valence-corrected chi connectivity index (χ0v) is 9.67. The third-order valence-corrected chi connectivity index (χ3v) is 2.85. The summed E-state index contributed by atoms with van der Waals surface area (Å²) in [6, 6.07) is 0.165. The Bertz CT molecular complexity index is 411. The summed E-state index contributed by atoms with van der Waals surface area (Å²) in [6.07, 6.45) is 3.80. The molecule has 2 rings (SSSR count). The average molecular weight is 237 g/mol. The summed E-state index contributed by atoms with van der Waals surface area (Å²) in [6.45, 7) is 3.89. The predicted octanol–water partition coefficient (Wildman–Crippen LogP) is 0.790. The zero-order valence-electron chi connectivity index (χ0n) is 9.67. The SMILES string of the molecule is CCC1COCCN1c1nccnc1C(=O)O. The Hall–Kier alpha value is -1.69. The first-order valence-corrected chi connectivity index (χ1v) is 5.62. The van der Waals surface area contributed by atoms with Crippen molar-refractivity contribution in [3.63, 3.8) is 0 Å². The quantitative estimate of drug-likeness (QED) is 0.837. The van der Waals surface area contributed by atoms with E-state index < -0.39 is 5.97 Å². The van der Waals surface area contributed by atoms with E-state index in [9.17, 15) is 4.79 Å². The molecule has 6 heteroatoms. The molecule has 1 unspecified atom stereocenters. The lowest BCUT2D eigenvalue weighted by molar-refractivity contribution is 0.0686. The lowest BCUT2D eigenvalue weighted by Crippen LogP contribution is -2.46. The van der Waals surface area contributed by atoms with E-state index in [1.807, 2.05) is 11.8 Å². The van der Waals surface area contributed by atoms with Crippen LogP contribution in [0.4, 0.5) is 5.82 Å². The number of hydrogen-bond acceptors (Lipinski definition) is 5. The van der Waals surface area contributed by atoms with E-state index >= 15 is 0 Å². The van der Waals surface area contributed by atoms with Crippen molar-refractivity contribution >= 4 is 11.8 Å². The van der Waals surface area contributed by atoms with E-state index in [4.69, 9.17) is 9.84 Å². The average Bonchev–Trinajstić information content (AvgIpc) is 2.38. The molecule has 92 valence electrons. The van der Waals surface area contributed by atoms with E-state index in [1.165, 1.54) is 12.4 Å². The van der Waals surface area contributed by atoms with Gasteiger partial charge in [0.25, 0.3) is 0 Å². The van der Waals surface area contributed by atoms with E-state index in [0.29, 0.717) is 25.6 Å². The molecule has 0 amide bonds. The molecule has 0 spiro atoms. The molecule has 1 aromatic heterocycles. The largest absolute Gasteiger partial charge is 0.476 e. The maximum absolute atomic E-state index is 11.1. The lowest BCUT2D eigenvalue weighted by Gasteiger charge is -2.36. The number of aromatic nitrogens is 2. The van der Waals surface area contributed by atoms with Gasteiger partial charge in [-0.15, -0.1) is 0 Å². The molecular formula is C11H15N3O3. The highest BCUT2D eigenvalue weighted by atomic mass is 16.5. The maximum Gasteiger partial charge on any atom is 0.358 e. The second-order valence-electron chi connectivity index (χ2n) is 3.86. The maximum atomic E-state index is 11.1. The number of morpholine rings is 1. The fourth-order valence-corrected chi connectivity index (χ4v) is 1.96. The van der Waals surface area contributed by atoms with Gasteiger partial charge >= 0.3 is 5.97 Å². The summed E-state index contributed by atoms with van der Waals surface area (Å²) in [5, 5.41) is 9.09. The minimum atomic E-state index is -1.05. The van der Waals surface area contributed by atoms with Crippen LogP contribution in [0.1, 0.15) is 23.8 Å². The molecule has 2 heterocycles. The van der Waals surface area contributed by atoms with Crippen molar-refractivity contribution in [2.24, 2.45) is 0 Å². The Morgan fingerprint density at radius 3 is 3.06 bits per heavy atom. The van der Waals surface area contributed by atoms with Crippen LogP contribution < -0.4 is 4.90 Å². The monoisotopic (exact) mass is 237 g/mol. The first-order chi connectivity index (χ1) is 8.24. The number of carbonyl (C=O) groups is 1. The number of hydrogen-bond donors (Lipinski definition) is 1. The van der Waals surface area contributed by atoms with Crippen molar-refractivity contribution in [1.29, 1.82) is 0 Å². The van der Waals surface area contributed by atoms with Gasteiger partial charge in [-0.3, -0.25) is 0 Å². The number of ether oxygens (including phenoxy) is 1. The molecule has 1 fully saturated rings. The van der Waals surface area contributed by atoms with Gasteiger partial charge in [0.2, 0.25) is 0 Å². The molecule has 0 saturated carbocycles. The van der Waals surface area contributed by atoms with Crippen LogP contribution in [0.5, 0.6) is 0 Å². The number of nitrogens with zero attached hydrogens (tertiary/aromatic N) is 3. The van der Waals surface area contributed by atoms with Crippen LogP contribution in [-0.2, 0) is 4.74 Å². The zero-order chi connectivity index (χ0) is 12.3. The molecule has 6 nitrogen and oxygen atoms in total. The Balaban J connectivity index is 2.34. The van der Waals surface area contributed by atoms with E-state index in [0.717, 1.165) is 6.42 Å². The molecular weight excluding hydrogens is 222 g/mol. The third kappa shape index (κ3) is 2.36. The van der Waals surface area contributed by atoms with Crippen LogP contribution in [0, 0.1) is 0 Å². The summed E-state index contributed by atoms with van der Waals surface area (Å²) in [5.74, 6) is -0.607. The molecule has 1 N–H and O–H groups in total. The molecule has 1 atom stereocenters. The highest BCUT2D eigenvalue weighted by Gasteiger charge is 2.27. The van der Waals surface area contributed by atoms with Crippen molar-refractivity contribution in [2.75, 3.05) is 24.7 Å². The number of carboxylic acids is 1. The lowest BCUT2D eigenvalue weighted by atomic mass is 10.1. The minimum absolute atomic E-state index is 0.00727. The fourth-order valence-electron chi connectivity index (χ4n) is 1.96. The Morgan fingerprint density at radius 2 is 2.35 bits per heavy atom. The summed E-state index contributed by atoms with van der Waals surface area (Å²) in [7, 11) is 0. The Kier molecular flexibility index (Phi) is 3.53. The smallest absolute Gasteiger partial charge is 0.358 e. The first kappa shape index (κ1) is 11.8. The minimum Gasteiger partial charge on any atom is -0.476 e. The molecule has 17 heavy (non-hydrogen) atoms. The van der Waals surface area contributed by atoms with E-state index in [-0.39, 0.29) is 11.7 Å². The van der Waals surface area contributed by atoms with Gasteiger partial charge in [-0.2, -0.15) is 0 Å². The van der Waals surface area contributed by atoms with Crippen LogP contribution in [0.3, 0.4) is 0 Å². The van der Waals surface area contributed by atoms with Gasteiger partial charge in [0, 0.05) is 18.9 Å². The van der Waals surface area contributed by atoms with Gasteiger partial charge in [0.15, 0.2) is 11.5 Å². The van der Waals surface area contributed by atoms with Gasteiger partial charge in [0.05, 0.1) is 19.3 Å². The number of aromatic carboxylic acids is 1. The summed E-state index contributed by atoms with van der Waals surface area (Å²) in [4.78, 5) is 21.1.